The normalized spacial score (nSPS) is 11.8. The molecule has 0 spiro atoms. The fraction of sp³-hybridized carbons (Fsp3) is 1.00. The van der Waals surface area contributed by atoms with E-state index in [-0.39, 0.29) is 0 Å². The van der Waals surface area contributed by atoms with E-state index >= 15 is 0 Å². The molecule has 0 saturated heterocycles. The molecule has 0 bridgehead atoms. The molecule has 0 aliphatic rings. The van der Waals surface area contributed by atoms with Crippen LogP contribution in [0, 0.1) is 0 Å². The molecule has 0 aromatic rings. The van der Waals surface area contributed by atoms with Crippen LogP contribution in [-0.2, 0) is 11.9 Å². The molecule has 296 valence electrons. The van der Waals surface area contributed by atoms with Crippen molar-refractivity contribution in [3.63, 3.8) is 0 Å². The van der Waals surface area contributed by atoms with Crippen LogP contribution in [0.5, 0.6) is 0 Å². The van der Waals surface area contributed by atoms with Crippen molar-refractivity contribution in [1.29, 1.82) is 0 Å². The number of unbranched alkanes of at least 4 members (excludes halogenated alkanes) is 18. The number of hydrogen-bond donors (Lipinski definition) is 3. The molecular formula is C36H75O3PS9. The lowest BCUT2D eigenvalue weighted by molar-refractivity contribution is 0.467. The lowest BCUT2D eigenvalue weighted by Gasteiger charge is -2.14. The monoisotopic (exact) mass is 874 g/mol. The molecular weight excluding hydrogens is 800 g/mol. The summed E-state index contributed by atoms with van der Waals surface area (Å²) in [7, 11) is -1.32. The summed E-state index contributed by atoms with van der Waals surface area (Å²) in [6.45, 7) is 0. The average Bonchev–Trinajstić information content (AvgIpc) is 3.11. The van der Waals surface area contributed by atoms with Crippen molar-refractivity contribution in [2.45, 2.75) is 154 Å². The second kappa shape index (κ2) is 49.5. The maximum absolute atomic E-state index is 6.04. The average molecular weight is 876 g/mol. The fourth-order valence-corrected chi connectivity index (χ4v) is 12.3. The van der Waals surface area contributed by atoms with Gasteiger partial charge in [-0.05, 0) is 129 Å². The Labute approximate surface area is 349 Å². The third-order valence-electron chi connectivity index (χ3n) is 7.73. The predicted molar refractivity (Wildman–Crippen MR) is 252 cm³/mol. The van der Waals surface area contributed by atoms with E-state index in [0.29, 0.717) is 0 Å². The van der Waals surface area contributed by atoms with E-state index in [4.69, 9.17) is 11.9 Å². The fourth-order valence-electron chi connectivity index (χ4n) is 4.75. The first-order valence-corrected chi connectivity index (χ1v) is 28.8. The highest BCUT2D eigenvalue weighted by Gasteiger charge is 2.15. The van der Waals surface area contributed by atoms with Crippen molar-refractivity contribution in [1.82, 2.24) is 0 Å². The Morgan fingerprint density at radius 2 is 0.469 bits per heavy atom. The van der Waals surface area contributed by atoms with Gasteiger partial charge >= 0.3 is 8.60 Å². The SMILES string of the molecule is SCCCCCCSCCCCCCSOP(OSCCCCCCSCCCCCCS)OSCCCCCCSCCCCCCS. The quantitative estimate of drug-likeness (QED) is 0.0239. The van der Waals surface area contributed by atoms with Crippen molar-refractivity contribution in [2.24, 2.45) is 0 Å². The standard InChI is InChI=1S/C36H75O3PS9/c41-25-13-1-4-16-28-44-31-19-7-10-22-34-47-37-40(38-48-35-23-11-8-20-32-45-29-17-5-2-14-26-42)39-49-36-24-12-9-21-33-46-30-18-6-3-15-27-43/h41-43H,1-36H2. The number of rotatable bonds is 45. The first kappa shape index (κ1) is 52.5. The van der Waals surface area contributed by atoms with Crippen LogP contribution in [0.1, 0.15) is 154 Å². The van der Waals surface area contributed by atoms with Crippen molar-refractivity contribution >= 4 is 118 Å². The van der Waals surface area contributed by atoms with Crippen molar-refractivity contribution < 1.29 is 11.9 Å². The molecule has 0 fully saturated rings. The maximum Gasteiger partial charge on any atom is 0.369 e. The minimum absolute atomic E-state index is 1.01. The van der Waals surface area contributed by atoms with E-state index < -0.39 is 8.60 Å². The van der Waals surface area contributed by atoms with Crippen LogP contribution in [0.4, 0.5) is 0 Å². The smallest absolute Gasteiger partial charge is 0.239 e. The maximum atomic E-state index is 6.04. The van der Waals surface area contributed by atoms with Crippen LogP contribution in [-0.4, -0.2) is 69.0 Å². The topological polar surface area (TPSA) is 27.7 Å². The molecule has 3 nitrogen and oxygen atoms in total. The molecule has 0 amide bonds. The van der Waals surface area contributed by atoms with Gasteiger partial charge in [0.25, 0.3) is 0 Å². The predicted octanol–water partition coefficient (Wildman–Crippen LogP) is 15.6. The molecule has 0 N–H and O–H groups in total. The zero-order valence-corrected chi connectivity index (χ0v) is 39.4. The molecule has 0 aliphatic carbocycles. The molecule has 0 aromatic carbocycles. The van der Waals surface area contributed by atoms with Gasteiger partial charge in [-0.2, -0.15) is 73.2 Å². The zero-order chi connectivity index (χ0) is 35.4. The molecule has 0 aliphatic heterocycles. The molecule has 49 heavy (non-hydrogen) atoms. The van der Waals surface area contributed by atoms with Crippen molar-refractivity contribution in [3.05, 3.63) is 0 Å². The number of hydrogen-bond acceptors (Lipinski definition) is 12. The van der Waals surface area contributed by atoms with E-state index in [2.05, 4.69) is 73.2 Å². The Morgan fingerprint density at radius 1 is 0.265 bits per heavy atom. The Bertz CT molecular complexity index is 516. The highest BCUT2D eigenvalue weighted by molar-refractivity contribution is 8.03. The summed E-state index contributed by atoms with van der Waals surface area (Å²) < 4.78 is 18.1. The Balaban J connectivity index is 3.93. The first-order valence-electron chi connectivity index (χ1n) is 19.6. The summed E-state index contributed by atoms with van der Waals surface area (Å²) in [5.74, 6) is 14.0. The minimum Gasteiger partial charge on any atom is -0.239 e. The number of thiol groups is 3. The minimum atomic E-state index is -1.32. The van der Waals surface area contributed by atoms with Crippen LogP contribution in [0.15, 0.2) is 0 Å². The molecule has 0 unspecified atom stereocenters. The first-order chi connectivity index (χ1) is 24.3. The molecule has 0 aromatic heterocycles. The molecule has 0 saturated carbocycles. The van der Waals surface area contributed by atoms with Gasteiger partial charge in [-0.3, -0.25) is 0 Å². The van der Waals surface area contributed by atoms with E-state index in [9.17, 15) is 0 Å². The summed E-state index contributed by atoms with van der Waals surface area (Å²) >= 11 is 23.9. The van der Waals surface area contributed by atoms with Gasteiger partial charge in [-0.1, -0.05) is 77.0 Å². The van der Waals surface area contributed by atoms with E-state index in [1.165, 1.54) is 189 Å². The molecule has 0 atom stereocenters. The van der Waals surface area contributed by atoms with Crippen molar-refractivity contribution in [2.75, 3.05) is 69.0 Å². The highest BCUT2D eigenvalue weighted by Crippen LogP contribution is 2.50. The van der Waals surface area contributed by atoms with Gasteiger partial charge in [0.1, 0.15) is 0 Å². The van der Waals surface area contributed by atoms with Gasteiger partial charge in [0, 0.05) is 53.4 Å². The van der Waals surface area contributed by atoms with Gasteiger partial charge in [0.15, 0.2) is 0 Å². The van der Waals surface area contributed by atoms with E-state index in [0.717, 1.165) is 34.5 Å². The summed E-state index contributed by atoms with van der Waals surface area (Å²) in [4.78, 5) is 0. The third-order valence-corrected chi connectivity index (χ3v) is 16.2. The Hall–Kier alpha value is 3.46. The lowest BCUT2D eigenvalue weighted by atomic mass is 10.2. The Morgan fingerprint density at radius 3 is 0.694 bits per heavy atom. The van der Waals surface area contributed by atoms with Gasteiger partial charge < -0.3 is 0 Å². The van der Waals surface area contributed by atoms with Crippen LogP contribution in [0.3, 0.4) is 0 Å². The van der Waals surface area contributed by atoms with Crippen LogP contribution < -0.4 is 0 Å². The summed E-state index contributed by atoms with van der Waals surface area (Å²) in [6.07, 6.45) is 31.5. The largest absolute Gasteiger partial charge is 0.369 e. The van der Waals surface area contributed by atoms with Gasteiger partial charge in [0.2, 0.25) is 0 Å². The lowest BCUT2D eigenvalue weighted by Crippen LogP contribution is -1.90. The zero-order valence-electron chi connectivity index (χ0n) is 30.9. The second-order valence-corrected chi connectivity index (χ2v) is 21.6. The van der Waals surface area contributed by atoms with Gasteiger partial charge in [0.05, 0.1) is 0 Å². The summed E-state index contributed by atoms with van der Waals surface area (Å²) in [5.41, 5.74) is 0. The van der Waals surface area contributed by atoms with E-state index in [1.54, 1.807) is 36.1 Å². The third kappa shape index (κ3) is 47.5. The summed E-state index contributed by atoms with van der Waals surface area (Å²) in [5, 5.41) is 0. The number of thioether (sulfide) groups is 3. The van der Waals surface area contributed by atoms with Gasteiger partial charge in [-0.25, -0.2) is 11.9 Å². The van der Waals surface area contributed by atoms with Gasteiger partial charge in [-0.15, -0.1) is 0 Å². The van der Waals surface area contributed by atoms with Crippen molar-refractivity contribution in [3.8, 4) is 0 Å². The Kier molecular flexibility index (Phi) is 53.0. The molecule has 0 heterocycles. The second-order valence-electron chi connectivity index (χ2n) is 12.4. The van der Waals surface area contributed by atoms with E-state index in [1.807, 2.05) is 0 Å². The summed E-state index contributed by atoms with van der Waals surface area (Å²) in [6, 6.07) is 0. The molecule has 0 radical (unpaired) electrons. The van der Waals surface area contributed by atoms with Crippen LogP contribution >= 0.6 is 118 Å². The molecule has 0 rings (SSSR count). The highest BCUT2D eigenvalue weighted by atomic mass is 32.2. The molecule has 13 heteroatoms. The van der Waals surface area contributed by atoms with Crippen LogP contribution in [0.2, 0.25) is 0 Å². The van der Waals surface area contributed by atoms with Crippen LogP contribution in [0.25, 0.3) is 0 Å².